The number of hydrogen-bond acceptors (Lipinski definition) is 5. The standard InChI is InChI=1S/C19H19N3O2/c1-12-10-19(20-17-7-5-4-6-15(12)17)22-21-13(2)16-9-8-14(24-3)11-18(16)23/h4-11,23H,1-3H3,(H,20,22)/b21-13+. The van der Waals surface area contributed by atoms with Crippen molar-refractivity contribution in [1.29, 1.82) is 0 Å². The van der Waals surface area contributed by atoms with Crippen LogP contribution in [0.5, 0.6) is 11.5 Å². The van der Waals surface area contributed by atoms with E-state index < -0.39 is 0 Å². The predicted octanol–water partition coefficient (Wildman–Crippen LogP) is 4.09. The number of methoxy groups -OCH3 is 1. The first kappa shape index (κ1) is 15.8. The minimum absolute atomic E-state index is 0.125. The number of phenolic OH excluding ortho intramolecular Hbond substituents is 1. The third-order valence-electron chi connectivity index (χ3n) is 3.86. The number of hydrazone groups is 1. The Kier molecular flexibility index (Phi) is 4.33. The molecule has 0 fully saturated rings. The molecule has 0 radical (unpaired) electrons. The SMILES string of the molecule is COc1ccc(/C(C)=N/Nc2cc(C)c3ccccc3n2)c(O)c1. The maximum atomic E-state index is 10.1. The molecular weight excluding hydrogens is 302 g/mol. The molecule has 0 amide bonds. The molecule has 3 rings (SSSR count). The lowest BCUT2D eigenvalue weighted by molar-refractivity contribution is 0.407. The third-order valence-corrected chi connectivity index (χ3v) is 3.86. The van der Waals surface area contributed by atoms with Gasteiger partial charge in [0.2, 0.25) is 0 Å². The number of hydrogen-bond donors (Lipinski definition) is 2. The lowest BCUT2D eigenvalue weighted by Crippen LogP contribution is -2.02. The Morgan fingerprint density at radius 3 is 2.71 bits per heavy atom. The van der Waals surface area contributed by atoms with Crippen molar-refractivity contribution in [2.45, 2.75) is 13.8 Å². The van der Waals surface area contributed by atoms with Crippen LogP contribution in [0, 0.1) is 6.92 Å². The summed E-state index contributed by atoms with van der Waals surface area (Å²) in [7, 11) is 1.56. The molecule has 0 aliphatic rings. The van der Waals surface area contributed by atoms with Crippen LogP contribution in [-0.2, 0) is 0 Å². The van der Waals surface area contributed by atoms with Crippen molar-refractivity contribution >= 4 is 22.4 Å². The van der Waals surface area contributed by atoms with Gasteiger partial charge in [0, 0.05) is 17.0 Å². The zero-order valence-electron chi connectivity index (χ0n) is 13.9. The van der Waals surface area contributed by atoms with Gasteiger partial charge >= 0.3 is 0 Å². The van der Waals surface area contributed by atoms with E-state index in [1.807, 2.05) is 44.2 Å². The van der Waals surface area contributed by atoms with Gasteiger partial charge in [-0.15, -0.1) is 0 Å². The first-order valence-corrected chi connectivity index (χ1v) is 7.62. The smallest absolute Gasteiger partial charge is 0.147 e. The summed E-state index contributed by atoms with van der Waals surface area (Å²) in [5.74, 6) is 1.39. The number of aryl methyl sites for hydroxylation is 1. The molecule has 0 aliphatic heterocycles. The molecule has 5 heteroatoms. The van der Waals surface area contributed by atoms with E-state index >= 15 is 0 Å². The minimum atomic E-state index is 0.125. The highest BCUT2D eigenvalue weighted by atomic mass is 16.5. The Balaban J connectivity index is 1.87. The van der Waals surface area contributed by atoms with Crippen LogP contribution in [0.3, 0.4) is 0 Å². The molecule has 2 N–H and O–H groups in total. The lowest BCUT2D eigenvalue weighted by Gasteiger charge is -2.08. The Morgan fingerprint density at radius 2 is 1.96 bits per heavy atom. The first-order valence-electron chi connectivity index (χ1n) is 7.62. The van der Waals surface area contributed by atoms with Gasteiger partial charge in [-0.05, 0) is 43.7 Å². The zero-order chi connectivity index (χ0) is 17.1. The van der Waals surface area contributed by atoms with Crippen LogP contribution in [-0.4, -0.2) is 22.9 Å². The fraction of sp³-hybridized carbons (Fsp3) is 0.158. The number of nitrogens with zero attached hydrogens (tertiary/aromatic N) is 2. The van der Waals surface area contributed by atoms with Crippen molar-refractivity contribution in [3.63, 3.8) is 0 Å². The lowest BCUT2D eigenvalue weighted by atomic mass is 10.1. The van der Waals surface area contributed by atoms with Gasteiger partial charge in [0.15, 0.2) is 0 Å². The molecule has 0 unspecified atom stereocenters. The van der Waals surface area contributed by atoms with Crippen molar-refractivity contribution in [2.24, 2.45) is 5.10 Å². The third kappa shape index (κ3) is 3.15. The van der Waals surface area contributed by atoms with E-state index in [4.69, 9.17) is 4.74 Å². The molecule has 2 aromatic carbocycles. The van der Waals surface area contributed by atoms with Gasteiger partial charge in [-0.2, -0.15) is 5.10 Å². The highest BCUT2D eigenvalue weighted by molar-refractivity contribution is 6.01. The summed E-state index contributed by atoms with van der Waals surface area (Å²) < 4.78 is 5.09. The Bertz CT molecular complexity index is 920. The van der Waals surface area contributed by atoms with Gasteiger partial charge in [0.1, 0.15) is 17.3 Å². The van der Waals surface area contributed by atoms with Gasteiger partial charge in [-0.25, -0.2) is 4.98 Å². The van der Waals surface area contributed by atoms with Crippen LogP contribution in [0.1, 0.15) is 18.1 Å². The Hall–Kier alpha value is -3.08. The van der Waals surface area contributed by atoms with Crippen LogP contribution in [0.15, 0.2) is 53.6 Å². The first-order chi connectivity index (χ1) is 11.6. The normalized spacial score (nSPS) is 11.5. The van der Waals surface area contributed by atoms with Gasteiger partial charge < -0.3 is 9.84 Å². The van der Waals surface area contributed by atoms with E-state index in [9.17, 15) is 5.11 Å². The summed E-state index contributed by atoms with van der Waals surface area (Å²) in [6, 6.07) is 15.0. The van der Waals surface area contributed by atoms with Crippen LogP contribution in [0.2, 0.25) is 0 Å². The van der Waals surface area contributed by atoms with Gasteiger partial charge in [-0.1, -0.05) is 18.2 Å². The topological polar surface area (TPSA) is 66.7 Å². The molecule has 0 saturated carbocycles. The number of fused-ring (bicyclic) bond motifs is 1. The summed E-state index contributed by atoms with van der Waals surface area (Å²) in [6.07, 6.45) is 0. The highest BCUT2D eigenvalue weighted by Gasteiger charge is 2.07. The fourth-order valence-electron chi connectivity index (χ4n) is 2.55. The molecule has 1 aromatic heterocycles. The van der Waals surface area contributed by atoms with E-state index in [2.05, 4.69) is 15.5 Å². The number of rotatable bonds is 4. The van der Waals surface area contributed by atoms with Gasteiger partial charge in [0.25, 0.3) is 0 Å². The summed E-state index contributed by atoms with van der Waals surface area (Å²) in [4.78, 5) is 4.55. The molecule has 1 heterocycles. The number of ether oxygens (including phenoxy) is 1. The second-order valence-electron chi connectivity index (χ2n) is 5.53. The molecule has 0 bridgehead atoms. The van der Waals surface area contributed by atoms with Gasteiger partial charge in [0.05, 0.1) is 18.3 Å². The number of nitrogens with one attached hydrogen (secondary N) is 1. The number of para-hydroxylation sites is 1. The Labute approximate surface area is 140 Å². The molecule has 3 aromatic rings. The van der Waals surface area contributed by atoms with E-state index in [0.29, 0.717) is 22.8 Å². The number of pyridine rings is 1. The average molecular weight is 321 g/mol. The number of benzene rings is 2. The predicted molar refractivity (Wildman–Crippen MR) is 97.0 cm³/mol. The van der Waals surface area contributed by atoms with Crippen LogP contribution < -0.4 is 10.2 Å². The highest BCUT2D eigenvalue weighted by Crippen LogP contribution is 2.24. The van der Waals surface area contributed by atoms with Crippen molar-refractivity contribution in [3.05, 3.63) is 59.7 Å². The second-order valence-corrected chi connectivity index (χ2v) is 5.53. The van der Waals surface area contributed by atoms with E-state index in [-0.39, 0.29) is 5.75 Å². The van der Waals surface area contributed by atoms with Crippen LogP contribution >= 0.6 is 0 Å². The molecule has 0 saturated heterocycles. The fourth-order valence-corrected chi connectivity index (χ4v) is 2.55. The zero-order valence-corrected chi connectivity index (χ0v) is 13.9. The summed E-state index contributed by atoms with van der Waals surface area (Å²) in [6.45, 7) is 3.86. The maximum absolute atomic E-state index is 10.1. The minimum Gasteiger partial charge on any atom is -0.507 e. The summed E-state index contributed by atoms with van der Waals surface area (Å²) in [5, 5.41) is 15.5. The Morgan fingerprint density at radius 1 is 1.17 bits per heavy atom. The number of anilines is 1. The van der Waals surface area contributed by atoms with Crippen molar-refractivity contribution in [1.82, 2.24) is 4.98 Å². The van der Waals surface area contributed by atoms with E-state index in [1.54, 1.807) is 25.3 Å². The average Bonchev–Trinajstić information content (AvgIpc) is 2.59. The molecular formula is C19H19N3O2. The largest absolute Gasteiger partial charge is 0.507 e. The number of phenols is 1. The molecule has 0 spiro atoms. The molecule has 24 heavy (non-hydrogen) atoms. The van der Waals surface area contributed by atoms with Crippen LogP contribution in [0.4, 0.5) is 5.82 Å². The van der Waals surface area contributed by atoms with Crippen molar-refractivity contribution in [3.8, 4) is 11.5 Å². The van der Waals surface area contributed by atoms with Gasteiger partial charge in [-0.3, -0.25) is 5.43 Å². The molecule has 0 atom stereocenters. The van der Waals surface area contributed by atoms with E-state index in [1.165, 1.54) is 0 Å². The van der Waals surface area contributed by atoms with Crippen molar-refractivity contribution < 1.29 is 9.84 Å². The molecule has 122 valence electrons. The molecule has 0 aliphatic carbocycles. The summed E-state index contributed by atoms with van der Waals surface area (Å²) >= 11 is 0. The number of aromatic nitrogens is 1. The van der Waals surface area contributed by atoms with Crippen molar-refractivity contribution in [2.75, 3.05) is 12.5 Å². The second kappa shape index (κ2) is 6.58. The quantitative estimate of drug-likeness (QED) is 0.561. The molecule has 5 nitrogen and oxygen atoms in total. The number of aromatic hydroxyl groups is 1. The van der Waals surface area contributed by atoms with E-state index in [0.717, 1.165) is 16.5 Å². The van der Waals surface area contributed by atoms with Crippen LogP contribution in [0.25, 0.3) is 10.9 Å². The summed E-state index contributed by atoms with van der Waals surface area (Å²) in [5.41, 5.74) is 6.31. The monoisotopic (exact) mass is 321 g/mol. The maximum Gasteiger partial charge on any atom is 0.147 e.